The van der Waals surface area contributed by atoms with E-state index in [1.165, 1.54) is 40.5 Å². The van der Waals surface area contributed by atoms with Crippen LogP contribution in [0.1, 0.15) is 50.3 Å². The van der Waals surface area contributed by atoms with E-state index < -0.39 is 47.6 Å². The van der Waals surface area contributed by atoms with E-state index in [0.29, 0.717) is 53.8 Å². The van der Waals surface area contributed by atoms with E-state index in [0.717, 1.165) is 5.56 Å². The first kappa shape index (κ1) is 46.9. The van der Waals surface area contributed by atoms with Crippen molar-refractivity contribution in [3.63, 3.8) is 0 Å². The number of amides is 1. The molecule has 20 nitrogen and oxygen atoms in total. The third-order valence-corrected chi connectivity index (χ3v) is 14.9. The molecule has 0 bridgehead atoms. The molecule has 0 unspecified atom stereocenters. The van der Waals surface area contributed by atoms with Gasteiger partial charge in [0.05, 0.1) is 39.1 Å². The number of rotatable bonds is 16. The van der Waals surface area contributed by atoms with Crippen LogP contribution >= 0.6 is 0 Å². The van der Waals surface area contributed by atoms with Gasteiger partial charge in [-0.2, -0.15) is 14.4 Å². The zero-order chi connectivity index (χ0) is 47.5. The molecule has 0 spiro atoms. The maximum atomic E-state index is 16.2. The molecule has 1 atom stereocenters. The number of fused-ring (bicyclic) bond motifs is 1. The molecule has 8 rings (SSSR count). The molecule has 4 heterocycles. The van der Waals surface area contributed by atoms with Crippen LogP contribution in [-0.4, -0.2) is 120 Å². The summed E-state index contributed by atoms with van der Waals surface area (Å²) in [7, 11) is -5.04. The molecule has 1 saturated heterocycles. The van der Waals surface area contributed by atoms with Gasteiger partial charge in [-0.25, -0.2) is 35.7 Å². The van der Waals surface area contributed by atoms with Crippen molar-refractivity contribution in [1.29, 1.82) is 0 Å². The number of sulfonamides is 2. The highest BCUT2D eigenvalue weighted by atomic mass is 32.2. The average molecular weight is 956 g/mol. The van der Waals surface area contributed by atoms with Crippen molar-refractivity contribution >= 4 is 37.8 Å². The van der Waals surface area contributed by atoms with Gasteiger partial charge < -0.3 is 28.7 Å². The van der Waals surface area contributed by atoms with Gasteiger partial charge in [-0.3, -0.25) is 0 Å². The van der Waals surface area contributed by atoms with Crippen LogP contribution in [-0.2, 0) is 51.0 Å². The number of carbonyl (C=O) groups is 1. The van der Waals surface area contributed by atoms with Crippen LogP contribution in [0.25, 0.3) is 11.4 Å². The maximum absolute atomic E-state index is 16.2. The lowest BCUT2D eigenvalue weighted by atomic mass is 10.1. The summed E-state index contributed by atoms with van der Waals surface area (Å²) >= 11 is 0. The number of ether oxygens (including phenoxy) is 4. The average Bonchev–Trinajstić information content (AvgIpc) is 4.10. The lowest BCUT2D eigenvalue weighted by molar-refractivity contribution is 0.0292. The number of hydrogen-bond acceptors (Lipinski definition) is 15. The van der Waals surface area contributed by atoms with E-state index in [2.05, 4.69) is 30.3 Å². The minimum absolute atomic E-state index is 0.00816. The molecule has 0 aliphatic carbocycles. The summed E-state index contributed by atoms with van der Waals surface area (Å²) in [6.07, 6.45) is 1.67. The first-order valence-corrected chi connectivity index (χ1v) is 24.5. The second-order valence-corrected chi connectivity index (χ2v) is 20.6. The van der Waals surface area contributed by atoms with Crippen molar-refractivity contribution in [1.82, 2.24) is 48.9 Å². The van der Waals surface area contributed by atoms with Gasteiger partial charge in [0.2, 0.25) is 26.0 Å². The van der Waals surface area contributed by atoms with Gasteiger partial charge in [-0.1, -0.05) is 36.4 Å². The smallest absolute Gasteiger partial charge is 0.410 e. The quantitative estimate of drug-likeness (QED) is 0.131. The highest BCUT2D eigenvalue weighted by molar-refractivity contribution is 7.92. The number of aryl methyl sites for hydroxylation is 1. The molecule has 2 aromatic heterocycles. The van der Waals surface area contributed by atoms with E-state index in [-0.39, 0.29) is 56.2 Å². The molecule has 2 aliphatic rings. The Kier molecular flexibility index (Phi) is 13.5. The Labute approximate surface area is 389 Å². The number of tetrazole rings is 1. The van der Waals surface area contributed by atoms with Crippen LogP contribution < -0.4 is 23.8 Å². The summed E-state index contributed by atoms with van der Waals surface area (Å²) < 4.78 is 91.7. The van der Waals surface area contributed by atoms with Crippen LogP contribution in [0.3, 0.4) is 0 Å². The van der Waals surface area contributed by atoms with Crippen LogP contribution in [0.5, 0.6) is 17.2 Å². The molecular formula is C45H53N11O9S2. The van der Waals surface area contributed by atoms with Crippen LogP contribution in [0.15, 0.2) is 101 Å². The van der Waals surface area contributed by atoms with Gasteiger partial charge >= 0.3 is 6.09 Å². The van der Waals surface area contributed by atoms with E-state index in [4.69, 9.17) is 18.9 Å². The number of hydrogen-bond donors (Lipinski definition) is 1. The number of aromatic nitrogens is 7. The predicted octanol–water partition coefficient (Wildman–Crippen LogP) is 5.23. The third kappa shape index (κ3) is 10.4. The van der Waals surface area contributed by atoms with Gasteiger partial charge in [0.1, 0.15) is 39.0 Å². The zero-order valence-corrected chi connectivity index (χ0v) is 39.7. The molecular weight excluding hydrogens is 903 g/mol. The lowest BCUT2D eigenvalue weighted by Gasteiger charge is -2.32. The Morgan fingerprint density at radius 3 is 1.97 bits per heavy atom. The summed E-state index contributed by atoms with van der Waals surface area (Å²) in [4.78, 5) is 19.7. The molecule has 1 fully saturated rings. The normalized spacial score (nSPS) is 15.4. The number of likely N-dealkylation sites (tertiary alicyclic amines) is 1. The standard InChI is InChI=1S/C45H53N11O9S2/c1-45(2,3)65-44(57)52-25-22-34(29-52)49-66(58,59)39-21-20-38(54-23-7-24-55-43(54)46-30-47-55)40(42-48-50-51-56(42)28-33-12-18-37(64-6)19-13-33)41(39)67(60,61)53(26-31-8-14-35(62-4)15-9-31)27-32-10-16-36(63-5)17-11-32/h8-21,30,34,49H,7,22-29H2,1-6H3/t34-/m1/s1. The number of nitrogens with zero attached hydrogens (tertiary/aromatic N) is 10. The molecule has 67 heavy (non-hydrogen) atoms. The molecule has 0 radical (unpaired) electrons. The number of anilines is 2. The Balaban J connectivity index is 1.34. The van der Waals surface area contributed by atoms with Crippen LogP contribution in [0.2, 0.25) is 0 Å². The SMILES string of the molecule is COc1ccc(CN(Cc2ccc(OC)cc2)S(=O)(=O)c2c(S(=O)(=O)N[C@@H]3CCN(C(=O)OC(C)(C)C)C3)ccc(N3CCCn4ncnc43)c2-c2nnnn2Cc2ccc(OC)cc2)cc1. The van der Waals surface area contributed by atoms with Crippen molar-refractivity contribution in [2.45, 2.75) is 81.2 Å². The topological polar surface area (TPSA) is 218 Å². The lowest BCUT2D eigenvalue weighted by Crippen LogP contribution is -2.41. The largest absolute Gasteiger partial charge is 0.497 e. The van der Waals surface area contributed by atoms with Crippen molar-refractivity contribution in [2.24, 2.45) is 0 Å². The van der Waals surface area contributed by atoms with Crippen molar-refractivity contribution in [2.75, 3.05) is 45.9 Å². The molecule has 0 saturated carbocycles. The summed E-state index contributed by atoms with van der Waals surface area (Å²) in [5.41, 5.74) is 1.38. The maximum Gasteiger partial charge on any atom is 0.410 e. The molecule has 2 aliphatic heterocycles. The molecule has 6 aromatic rings. The number of benzene rings is 4. The minimum atomic E-state index is -4.93. The number of carbonyl (C=O) groups excluding carboxylic acids is 1. The summed E-state index contributed by atoms with van der Waals surface area (Å²) in [6, 6.07) is 23.2. The van der Waals surface area contributed by atoms with Gasteiger partial charge in [0.25, 0.3) is 0 Å². The number of nitrogens with one attached hydrogen (secondary N) is 1. The van der Waals surface area contributed by atoms with E-state index >= 15 is 16.8 Å². The number of methoxy groups -OCH3 is 3. The fourth-order valence-electron chi connectivity index (χ4n) is 8.04. The van der Waals surface area contributed by atoms with Crippen molar-refractivity contribution in [3.05, 3.63) is 108 Å². The third-order valence-electron chi connectivity index (χ3n) is 11.3. The van der Waals surface area contributed by atoms with Gasteiger partial charge in [0, 0.05) is 45.3 Å². The Bertz CT molecular complexity index is 2870. The molecule has 4 aromatic carbocycles. The van der Waals surface area contributed by atoms with E-state index in [1.807, 2.05) is 12.1 Å². The van der Waals surface area contributed by atoms with Crippen LogP contribution in [0, 0.1) is 0 Å². The first-order valence-electron chi connectivity index (χ1n) is 21.5. The first-order chi connectivity index (χ1) is 32.1. The van der Waals surface area contributed by atoms with Gasteiger partial charge in [-0.05, 0) is 109 Å². The van der Waals surface area contributed by atoms with Gasteiger partial charge in [0.15, 0.2) is 5.82 Å². The second-order valence-electron chi connectivity index (χ2n) is 17.1. The van der Waals surface area contributed by atoms with E-state index in [9.17, 15) is 4.79 Å². The zero-order valence-electron chi connectivity index (χ0n) is 38.1. The Hall–Kier alpha value is -6.62. The fraction of sp³-hybridized carbons (Fsp3) is 0.378. The Morgan fingerprint density at radius 1 is 0.791 bits per heavy atom. The summed E-state index contributed by atoms with van der Waals surface area (Å²) in [6.45, 7) is 6.08. The molecule has 354 valence electrons. The second kappa shape index (κ2) is 19.3. The minimum Gasteiger partial charge on any atom is -0.497 e. The summed E-state index contributed by atoms with van der Waals surface area (Å²) in [5.74, 6) is 2.15. The molecule has 1 amide bonds. The summed E-state index contributed by atoms with van der Waals surface area (Å²) in [5, 5.41) is 17.3. The van der Waals surface area contributed by atoms with Crippen molar-refractivity contribution < 1.29 is 40.6 Å². The van der Waals surface area contributed by atoms with Crippen molar-refractivity contribution in [3.8, 4) is 28.6 Å². The highest BCUT2D eigenvalue weighted by Gasteiger charge is 2.41. The highest BCUT2D eigenvalue weighted by Crippen LogP contribution is 2.44. The Morgan fingerprint density at radius 2 is 1.39 bits per heavy atom. The fourth-order valence-corrected chi connectivity index (χ4v) is 11.7. The van der Waals surface area contributed by atoms with Gasteiger partial charge in [-0.15, -0.1) is 5.10 Å². The van der Waals surface area contributed by atoms with E-state index in [1.54, 1.807) is 104 Å². The predicted molar refractivity (Wildman–Crippen MR) is 246 cm³/mol. The monoisotopic (exact) mass is 955 g/mol. The molecule has 1 N–H and O–H groups in total. The molecule has 22 heteroatoms. The van der Waals surface area contributed by atoms with Crippen LogP contribution in [0.4, 0.5) is 16.4 Å².